The summed E-state index contributed by atoms with van der Waals surface area (Å²) in [4.78, 5) is 6.22. The van der Waals surface area contributed by atoms with E-state index in [-0.39, 0.29) is 0 Å². The molecule has 2 heterocycles. The van der Waals surface area contributed by atoms with Gasteiger partial charge in [0, 0.05) is 19.9 Å². The maximum Gasteiger partial charge on any atom is 0.146 e. The van der Waals surface area contributed by atoms with E-state index in [0.29, 0.717) is 11.9 Å². The second kappa shape index (κ2) is 3.84. The Morgan fingerprint density at radius 2 is 2.50 bits per heavy atom. The topological polar surface area (TPSA) is 51.4 Å². The number of nitrogen functional groups attached to an aromatic ring is 1. The van der Waals surface area contributed by atoms with Gasteiger partial charge in [0.05, 0.1) is 18.3 Å². The Kier molecular flexibility index (Phi) is 2.54. The first-order chi connectivity index (χ1) is 6.79. The maximum absolute atomic E-state index is 5.80. The van der Waals surface area contributed by atoms with E-state index >= 15 is 0 Å². The molecule has 1 aromatic rings. The Morgan fingerprint density at radius 1 is 1.64 bits per heavy atom. The average molecular weight is 193 g/mol. The Balaban J connectivity index is 2.17. The third-order valence-corrected chi connectivity index (χ3v) is 2.65. The average Bonchev–Trinajstić information content (AvgIpc) is 2.70. The number of likely N-dealkylation sites (N-methyl/N-ethyl adjacent to an activating group) is 1. The van der Waals surface area contributed by atoms with Gasteiger partial charge in [-0.1, -0.05) is 0 Å². The monoisotopic (exact) mass is 193 g/mol. The molecule has 0 amide bonds. The summed E-state index contributed by atoms with van der Waals surface area (Å²) in [6.07, 6.45) is 2.77. The van der Waals surface area contributed by atoms with E-state index in [9.17, 15) is 0 Å². The lowest BCUT2D eigenvalue weighted by Gasteiger charge is -2.25. The highest BCUT2D eigenvalue weighted by Crippen LogP contribution is 2.23. The number of hydrogen-bond donors (Lipinski definition) is 1. The van der Waals surface area contributed by atoms with Crippen LogP contribution in [0.4, 0.5) is 11.5 Å². The van der Waals surface area contributed by atoms with E-state index in [1.807, 2.05) is 19.2 Å². The van der Waals surface area contributed by atoms with Crippen LogP contribution < -0.4 is 10.6 Å². The SMILES string of the molecule is CN(c1cccnc1N)C1CCOC1. The van der Waals surface area contributed by atoms with Crippen LogP contribution in [0, 0.1) is 0 Å². The Labute approximate surface area is 83.7 Å². The smallest absolute Gasteiger partial charge is 0.146 e. The van der Waals surface area contributed by atoms with Gasteiger partial charge in [-0.2, -0.15) is 0 Å². The van der Waals surface area contributed by atoms with Crippen LogP contribution in [0.1, 0.15) is 6.42 Å². The van der Waals surface area contributed by atoms with Crippen LogP contribution in [0.15, 0.2) is 18.3 Å². The van der Waals surface area contributed by atoms with Crippen molar-refractivity contribution in [1.29, 1.82) is 0 Å². The van der Waals surface area contributed by atoms with Gasteiger partial charge in [0.15, 0.2) is 0 Å². The molecule has 1 aromatic heterocycles. The number of rotatable bonds is 2. The molecule has 0 saturated carbocycles. The zero-order valence-electron chi connectivity index (χ0n) is 8.31. The Morgan fingerprint density at radius 3 is 3.14 bits per heavy atom. The Bertz CT molecular complexity index is 310. The van der Waals surface area contributed by atoms with Gasteiger partial charge in [0.2, 0.25) is 0 Å². The molecule has 1 atom stereocenters. The van der Waals surface area contributed by atoms with Crippen molar-refractivity contribution in [1.82, 2.24) is 4.98 Å². The molecule has 0 radical (unpaired) electrons. The molecule has 1 aliphatic heterocycles. The summed E-state index contributed by atoms with van der Waals surface area (Å²) in [6.45, 7) is 1.63. The van der Waals surface area contributed by atoms with Crippen molar-refractivity contribution in [2.45, 2.75) is 12.5 Å². The summed E-state index contributed by atoms with van der Waals surface area (Å²) in [5.41, 5.74) is 6.78. The minimum atomic E-state index is 0.432. The molecule has 0 spiro atoms. The predicted molar refractivity (Wildman–Crippen MR) is 56.3 cm³/mol. The van der Waals surface area contributed by atoms with E-state index in [4.69, 9.17) is 10.5 Å². The van der Waals surface area contributed by atoms with E-state index in [1.165, 1.54) is 0 Å². The summed E-state index contributed by atoms with van der Waals surface area (Å²) in [5.74, 6) is 0.585. The maximum atomic E-state index is 5.80. The lowest BCUT2D eigenvalue weighted by molar-refractivity contribution is 0.193. The number of pyridine rings is 1. The van der Waals surface area contributed by atoms with Crippen LogP contribution >= 0.6 is 0 Å². The molecule has 4 nitrogen and oxygen atoms in total. The van der Waals surface area contributed by atoms with Gasteiger partial charge >= 0.3 is 0 Å². The van der Waals surface area contributed by atoms with Crippen molar-refractivity contribution in [3.8, 4) is 0 Å². The largest absolute Gasteiger partial charge is 0.382 e. The van der Waals surface area contributed by atoms with Gasteiger partial charge in [0.25, 0.3) is 0 Å². The number of aromatic nitrogens is 1. The van der Waals surface area contributed by atoms with Crippen molar-refractivity contribution in [2.75, 3.05) is 30.9 Å². The fourth-order valence-electron chi connectivity index (χ4n) is 1.73. The lowest BCUT2D eigenvalue weighted by atomic mass is 10.2. The molecule has 1 aliphatic rings. The van der Waals surface area contributed by atoms with Crippen molar-refractivity contribution >= 4 is 11.5 Å². The van der Waals surface area contributed by atoms with Crippen molar-refractivity contribution in [3.63, 3.8) is 0 Å². The standard InChI is InChI=1S/C10H15N3O/c1-13(8-4-6-14-7-8)9-3-2-5-12-10(9)11/h2-3,5,8H,4,6-7H2,1H3,(H2,11,12). The van der Waals surface area contributed by atoms with E-state index in [2.05, 4.69) is 9.88 Å². The second-order valence-corrected chi connectivity index (χ2v) is 3.54. The fourth-order valence-corrected chi connectivity index (χ4v) is 1.73. The molecule has 0 aliphatic carbocycles. The zero-order chi connectivity index (χ0) is 9.97. The van der Waals surface area contributed by atoms with Crippen LogP contribution in [-0.4, -0.2) is 31.3 Å². The lowest BCUT2D eigenvalue weighted by Crippen LogP contribution is -2.32. The molecule has 1 fully saturated rings. The van der Waals surface area contributed by atoms with Crippen LogP contribution in [0.5, 0.6) is 0 Å². The first-order valence-corrected chi connectivity index (χ1v) is 4.80. The van der Waals surface area contributed by atoms with Gasteiger partial charge in [-0.15, -0.1) is 0 Å². The molecule has 1 saturated heterocycles. The predicted octanol–water partition coefficient (Wildman–Crippen LogP) is 0.889. The highest BCUT2D eigenvalue weighted by molar-refractivity contribution is 5.63. The third kappa shape index (κ3) is 1.65. The van der Waals surface area contributed by atoms with E-state index in [1.54, 1.807) is 6.20 Å². The van der Waals surface area contributed by atoms with Crippen LogP contribution in [0.2, 0.25) is 0 Å². The number of nitrogens with two attached hydrogens (primary N) is 1. The number of ether oxygens (including phenoxy) is 1. The fraction of sp³-hybridized carbons (Fsp3) is 0.500. The zero-order valence-corrected chi connectivity index (χ0v) is 8.31. The van der Waals surface area contributed by atoms with Gasteiger partial charge in [-0.3, -0.25) is 0 Å². The van der Waals surface area contributed by atoms with Crippen molar-refractivity contribution < 1.29 is 4.74 Å². The first-order valence-electron chi connectivity index (χ1n) is 4.80. The molecule has 0 aromatic carbocycles. The molecular formula is C10H15N3O. The summed E-state index contributed by atoms with van der Waals surface area (Å²) >= 11 is 0. The highest BCUT2D eigenvalue weighted by atomic mass is 16.5. The third-order valence-electron chi connectivity index (χ3n) is 2.65. The summed E-state index contributed by atoms with van der Waals surface area (Å²) in [7, 11) is 2.03. The minimum absolute atomic E-state index is 0.432. The Hall–Kier alpha value is -1.29. The minimum Gasteiger partial charge on any atom is -0.382 e. The van der Waals surface area contributed by atoms with Crippen LogP contribution in [0.25, 0.3) is 0 Å². The molecule has 1 unspecified atom stereocenters. The van der Waals surface area contributed by atoms with E-state index < -0.39 is 0 Å². The molecular weight excluding hydrogens is 178 g/mol. The van der Waals surface area contributed by atoms with Gasteiger partial charge in [-0.25, -0.2) is 4.98 Å². The number of hydrogen-bond acceptors (Lipinski definition) is 4. The highest BCUT2D eigenvalue weighted by Gasteiger charge is 2.21. The number of anilines is 2. The number of nitrogens with zero attached hydrogens (tertiary/aromatic N) is 2. The normalized spacial score (nSPS) is 21.1. The van der Waals surface area contributed by atoms with Gasteiger partial charge < -0.3 is 15.4 Å². The molecule has 2 rings (SSSR count). The van der Waals surface area contributed by atoms with Gasteiger partial charge in [0.1, 0.15) is 5.82 Å². The van der Waals surface area contributed by atoms with Crippen LogP contribution in [-0.2, 0) is 4.74 Å². The second-order valence-electron chi connectivity index (χ2n) is 3.54. The summed E-state index contributed by atoms with van der Waals surface area (Å²) in [5, 5.41) is 0. The molecule has 4 heteroatoms. The quantitative estimate of drug-likeness (QED) is 0.757. The van der Waals surface area contributed by atoms with Gasteiger partial charge in [-0.05, 0) is 18.6 Å². The summed E-state index contributed by atoms with van der Waals surface area (Å²) in [6, 6.07) is 4.32. The van der Waals surface area contributed by atoms with Crippen molar-refractivity contribution in [2.24, 2.45) is 0 Å². The van der Waals surface area contributed by atoms with E-state index in [0.717, 1.165) is 25.3 Å². The molecule has 76 valence electrons. The molecule has 2 N–H and O–H groups in total. The summed E-state index contributed by atoms with van der Waals surface area (Å²) < 4.78 is 5.34. The molecule has 14 heavy (non-hydrogen) atoms. The van der Waals surface area contributed by atoms with Crippen molar-refractivity contribution in [3.05, 3.63) is 18.3 Å². The molecule has 0 bridgehead atoms. The van der Waals surface area contributed by atoms with Crippen LogP contribution in [0.3, 0.4) is 0 Å². The first kappa shape index (κ1) is 9.27.